The number of carbonyl (C=O) groups is 1. The van der Waals surface area contributed by atoms with Gasteiger partial charge in [0, 0.05) is 0 Å². The summed E-state index contributed by atoms with van der Waals surface area (Å²) >= 11 is 0. The number of carbonyl (C=O) groups excluding carboxylic acids is 1. The summed E-state index contributed by atoms with van der Waals surface area (Å²) in [5, 5.41) is 2.80. The Morgan fingerprint density at radius 2 is 2.00 bits per heavy atom. The van der Waals surface area contributed by atoms with Gasteiger partial charge in [0.2, 0.25) is 0 Å². The lowest BCUT2D eigenvalue weighted by molar-refractivity contribution is -0.128. The highest BCUT2D eigenvalue weighted by Crippen LogP contribution is 2.27. The molecule has 1 heterocycles. The number of hydrogen-bond donors (Lipinski definition) is 1. The largest absolute Gasteiger partial charge is 0.493 e. The fraction of sp³-hybridized carbons (Fsp3) is 0.312. The van der Waals surface area contributed by atoms with Crippen LogP contribution in [-0.4, -0.2) is 19.1 Å². The van der Waals surface area contributed by atoms with E-state index in [1.165, 1.54) is 0 Å². The number of furan rings is 1. The van der Waals surface area contributed by atoms with Crippen LogP contribution in [0.15, 0.2) is 47.1 Å². The molecule has 1 amide bonds. The van der Waals surface area contributed by atoms with E-state index in [0.29, 0.717) is 30.2 Å². The molecule has 0 spiro atoms. The number of methoxy groups -OCH3 is 1. The van der Waals surface area contributed by atoms with E-state index in [4.69, 9.17) is 13.9 Å². The Hall–Kier alpha value is -2.43. The van der Waals surface area contributed by atoms with Crippen LogP contribution in [0.1, 0.15) is 19.1 Å². The normalized spacial score (nSPS) is 11.7. The third-order valence-corrected chi connectivity index (χ3v) is 3.02. The van der Waals surface area contributed by atoms with Crippen molar-refractivity contribution in [3.05, 3.63) is 48.4 Å². The lowest BCUT2D eigenvalue weighted by atomic mass is 10.2. The predicted molar refractivity (Wildman–Crippen MR) is 78.3 cm³/mol. The summed E-state index contributed by atoms with van der Waals surface area (Å²) in [6, 6.07) is 10.9. The standard InChI is InChI=1S/C16H19NO4/c1-3-13(16(18)17-11-12-7-6-10-20-12)21-15-9-5-4-8-14(15)19-2/h4-10,13H,3,11H2,1-2H3,(H,17,18)/t13-/m0/s1. The SMILES string of the molecule is CC[C@H](Oc1ccccc1OC)C(=O)NCc1ccco1. The van der Waals surface area contributed by atoms with Gasteiger partial charge in [0.05, 0.1) is 19.9 Å². The van der Waals surface area contributed by atoms with Crippen LogP contribution < -0.4 is 14.8 Å². The molecule has 1 atom stereocenters. The Morgan fingerprint density at radius 1 is 1.24 bits per heavy atom. The van der Waals surface area contributed by atoms with Crippen molar-refractivity contribution >= 4 is 5.91 Å². The third kappa shape index (κ3) is 4.02. The number of benzene rings is 1. The minimum absolute atomic E-state index is 0.181. The van der Waals surface area contributed by atoms with Gasteiger partial charge < -0.3 is 19.2 Å². The van der Waals surface area contributed by atoms with Crippen LogP contribution in [-0.2, 0) is 11.3 Å². The molecule has 0 aliphatic carbocycles. The zero-order valence-corrected chi connectivity index (χ0v) is 12.2. The van der Waals surface area contributed by atoms with Crippen molar-refractivity contribution in [2.24, 2.45) is 0 Å². The Balaban J connectivity index is 1.97. The minimum Gasteiger partial charge on any atom is -0.493 e. The van der Waals surface area contributed by atoms with E-state index in [1.54, 1.807) is 31.6 Å². The van der Waals surface area contributed by atoms with Gasteiger partial charge in [-0.05, 0) is 30.7 Å². The lowest BCUT2D eigenvalue weighted by Gasteiger charge is -2.18. The second-order valence-electron chi connectivity index (χ2n) is 4.46. The molecular formula is C16H19NO4. The monoisotopic (exact) mass is 289 g/mol. The molecule has 0 aliphatic rings. The van der Waals surface area contributed by atoms with Crippen LogP contribution in [0.5, 0.6) is 11.5 Å². The molecule has 1 aromatic carbocycles. The topological polar surface area (TPSA) is 60.7 Å². The Bertz CT molecular complexity index is 565. The fourth-order valence-electron chi connectivity index (χ4n) is 1.89. The number of nitrogens with one attached hydrogen (secondary N) is 1. The molecule has 112 valence electrons. The number of para-hydroxylation sites is 2. The predicted octanol–water partition coefficient (Wildman–Crippen LogP) is 2.76. The number of amides is 1. The Labute approximate surface area is 123 Å². The maximum Gasteiger partial charge on any atom is 0.261 e. The van der Waals surface area contributed by atoms with E-state index < -0.39 is 6.10 Å². The van der Waals surface area contributed by atoms with E-state index in [2.05, 4.69) is 5.32 Å². The molecule has 0 fully saturated rings. The van der Waals surface area contributed by atoms with Gasteiger partial charge in [-0.25, -0.2) is 0 Å². The summed E-state index contributed by atoms with van der Waals surface area (Å²) in [6.45, 7) is 2.24. The van der Waals surface area contributed by atoms with Crippen LogP contribution >= 0.6 is 0 Å². The van der Waals surface area contributed by atoms with Crippen molar-refractivity contribution < 1.29 is 18.7 Å². The first-order valence-electron chi connectivity index (χ1n) is 6.84. The fourth-order valence-corrected chi connectivity index (χ4v) is 1.89. The summed E-state index contributed by atoms with van der Waals surface area (Å²) in [5.74, 6) is 1.69. The first-order chi connectivity index (χ1) is 10.2. The molecule has 0 bridgehead atoms. The van der Waals surface area contributed by atoms with Gasteiger partial charge in [-0.1, -0.05) is 19.1 Å². The van der Waals surface area contributed by atoms with Gasteiger partial charge in [0.1, 0.15) is 5.76 Å². The summed E-state index contributed by atoms with van der Waals surface area (Å²) in [7, 11) is 1.57. The van der Waals surface area contributed by atoms with Crippen molar-refractivity contribution in [2.45, 2.75) is 26.0 Å². The van der Waals surface area contributed by atoms with E-state index >= 15 is 0 Å². The van der Waals surface area contributed by atoms with Gasteiger partial charge in [0.25, 0.3) is 5.91 Å². The molecule has 2 aromatic rings. The molecule has 5 heteroatoms. The molecule has 0 unspecified atom stereocenters. The summed E-state index contributed by atoms with van der Waals surface area (Å²) in [6.07, 6.45) is 1.56. The maximum absolute atomic E-state index is 12.2. The van der Waals surface area contributed by atoms with Gasteiger partial charge >= 0.3 is 0 Å². The Morgan fingerprint density at radius 3 is 2.62 bits per heavy atom. The molecule has 2 rings (SSSR count). The average molecular weight is 289 g/mol. The van der Waals surface area contributed by atoms with E-state index in [9.17, 15) is 4.79 Å². The van der Waals surface area contributed by atoms with Crippen LogP contribution in [0.3, 0.4) is 0 Å². The average Bonchev–Trinajstić information content (AvgIpc) is 3.04. The summed E-state index contributed by atoms with van der Waals surface area (Å²) < 4.78 is 16.1. The molecule has 0 saturated heterocycles. The lowest BCUT2D eigenvalue weighted by Crippen LogP contribution is -2.37. The van der Waals surface area contributed by atoms with Crippen LogP contribution in [0.2, 0.25) is 0 Å². The quantitative estimate of drug-likeness (QED) is 0.851. The molecule has 0 saturated carbocycles. The van der Waals surface area contributed by atoms with Gasteiger partial charge in [0.15, 0.2) is 17.6 Å². The first-order valence-corrected chi connectivity index (χ1v) is 6.84. The molecule has 0 radical (unpaired) electrons. The van der Waals surface area contributed by atoms with E-state index in [0.717, 1.165) is 0 Å². The highest BCUT2D eigenvalue weighted by atomic mass is 16.5. The second-order valence-corrected chi connectivity index (χ2v) is 4.46. The highest BCUT2D eigenvalue weighted by Gasteiger charge is 2.19. The summed E-state index contributed by atoms with van der Waals surface area (Å²) in [4.78, 5) is 12.2. The number of hydrogen-bond acceptors (Lipinski definition) is 4. The summed E-state index contributed by atoms with van der Waals surface area (Å²) in [5.41, 5.74) is 0. The van der Waals surface area contributed by atoms with Crippen LogP contribution in [0.4, 0.5) is 0 Å². The number of rotatable bonds is 7. The van der Waals surface area contributed by atoms with Crippen molar-refractivity contribution in [2.75, 3.05) is 7.11 Å². The van der Waals surface area contributed by atoms with Crippen molar-refractivity contribution in [1.29, 1.82) is 0 Å². The van der Waals surface area contributed by atoms with Crippen molar-refractivity contribution in [1.82, 2.24) is 5.32 Å². The smallest absolute Gasteiger partial charge is 0.261 e. The third-order valence-electron chi connectivity index (χ3n) is 3.02. The van der Waals surface area contributed by atoms with Crippen LogP contribution in [0.25, 0.3) is 0 Å². The van der Waals surface area contributed by atoms with Gasteiger partial charge in [-0.15, -0.1) is 0 Å². The first kappa shape index (κ1) is 15.0. The molecule has 5 nitrogen and oxygen atoms in total. The molecular weight excluding hydrogens is 270 g/mol. The minimum atomic E-state index is -0.573. The second kappa shape index (κ2) is 7.38. The molecule has 21 heavy (non-hydrogen) atoms. The van der Waals surface area contributed by atoms with Crippen molar-refractivity contribution in [3.8, 4) is 11.5 Å². The van der Waals surface area contributed by atoms with Crippen molar-refractivity contribution in [3.63, 3.8) is 0 Å². The molecule has 1 aromatic heterocycles. The zero-order valence-electron chi connectivity index (χ0n) is 12.2. The Kier molecular flexibility index (Phi) is 5.26. The molecule has 0 aliphatic heterocycles. The maximum atomic E-state index is 12.2. The van der Waals surface area contributed by atoms with Gasteiger partial charge in [-0.3, -0.25) is 4.79 Å². The van der Waals surface area contributed by atoms with E-state index in [-0.39, 0.29) is 5.91 Å². The van der Waals surface area contributed by atoms with E-state index in [1.807, 2.05) is 25.1 Å². The number of ether oxygens (including phenoxy) is 2. The zero-order chi connectivity index (χ0) is 15.1. The van der Waals surface area contributed by atoms with Gasteiger partial charge in [-0.2, -0.15) is 0 Å². The van der Waals surface area contributed by atoms with Crippen LogP contribution in [0, 0.1) is 0 Å². The molecule has 1 N–H and O–H groups in total. The highest BCUT2D eigenvalue weighted by molar-refractivity contribution is 5.81.